The minimum Gasteiger partial charge on any atom is -0.383 e. The largest absolute Gasteiger partial charge is 0.383 e. The molecule has 0 radical (unpaired) electrons. The Morgan fingerprint density at radius 1 is 0.971 bits per heavy atom. The number of rotatable bonds is 1. The van der Waals surface area contributed by atoms with Gasteiger partial charge in [-0.2, -0.15) is 0 Å². The number of pyridine rings is 1. The third-order valence-electron chi connectivity index (χ3n) is 6.81. The third-order valence-corrected chi connectivity index (χ3v) is 7.13. The number of carbonyl (C=O) groups is 1. The van der Waals surface area contributed by atoms with Gasteiger partial charge in [0.25, 0.3) is 5.91 Å². The minimum atomic E-state index is -0.133. The van der Waals surface area contributed by atoms with Crippen LogP contribution in [0, 0.1) is 11.8 Å². The number of halogens is 1. The average molecular weight is 484 g/mol. The van der Waals surface area contributed by atoms with Crippen molar-refractivity contribution in [2.75, 3.05) is 38.0 Å². The van der Waals surface area contributed by atoms with E-state index in [1.54, 1.807) is 0 Å². The maximum atomic E-state index is 13.3. The van der Waals surface area contributed by atoms with E-state index in [1.807, 2.05) is 30.5 Å². The van der Waals surface area contributed by atoms with Crippen molar-refractivity contribution < 1.29 is 4.79 Å². The number of amides is 1. The van der Waals surface area contributed by atoms with Crippen LogP contribution in [0.4, 0.5) is 5.69 Å². The molecule has 0 unspecified atom stereocenters. The van der Waals surface area contributed by atoms with E-state index in [4.69, 9.17) is 16.6 Å². The van der Waals surface area contributed by atoms with Crippen molar-refractivity contribution in [2.24, 2.45) is 0 Å². The van der Waals surface area contributed by atoms with Crippen molar-refractivity contribution in [1.82, 2.24) is 20.2 Å². The Morgan fingerprint density at radius 2 is 1.83 bits per heavy atom. The maximum Gasteiger partial charge on any atom is 0.252 e. The van der Waals surface area contributed by atoms with E-state index in [2.05, 4.69) is 44.5 Å². The van der Waals surface area contributed by atoms with Crippen LogP contribution in [0.15, 0.2) is 42.6 Å². The molecule has 6 rings (SSSR count). The molecule has 2 aliphatic heterocycles. The van der Waals surface area contributed by atoms with Crippen LogP contribution in [0.2, 0.25) is 5.02 Å². The van der Waals surface area contributed by atoms with Gasteiger partial charge in [0.15, 0.2) is 0 Å². The van der Waals surface area contributed by atoms with E-state index < -0.39 is 0 Å². The first kappa shape index (κ1) is 22.0. The van der Waals surface area contributed by atoms with Crippen LogP contribution in [-0.4, -0.2) is 53.5 Å². The molecule has 7 heteroatoms. The maximum absolute atomic E-state index is 13.3. The number of hydrogen-bond acceptors (Lipinski definition) is 4. The van der Waals surface area contributed by atoms with E-state index in [-0.39, 0.29) is 5.91 Å². The van der Waals surface area contributed by atoms with Crippen molar-refractivity contribution >= 4 is 45.0 Å². The number of anilines is 1. The van der Waals surface area contributed by atoms with Gasteiger partial charge >= 0.3 is 0 Å². The zero-order chi connectivity index (χ0) is 23.8. The molecule has 176 valence electrons. The number of hydrogen-bond donors (Lipinski definition) is 3. The minimum absolute atomic E-state index is 0.133. The number of H-pyrrole nitrogens is 1. The first-order valence-corrected chi connectivity index (χ1v) is 12.5. The summed E-state index contributed by atoms with van der Waals surface area (Å²) in [5.74, 6) is 6.38. The van der Waals surface area contributed by atoms with Crippen molar-refractivity contribution in [3.05, 3.63) is 58.7 Å². The fraction of sp³-hybridized carbons (Fsp3) is 0.286. The molecule has 0 atom stereocenters. The standard InChI is InChI=1S/C28H26ClN5O/c29-24-16-27-20(13-18(24)5-4-12-34-10-2-1-3-11-34)22-15-26(33-27)23-17-32-25-7-6-19(14-21(23)25)30-8-9-31-28(22)35/h6-7,13-17,30,32H,1-3,8-12H2,(H,31,35). The van der Waals surface area contributed by atoms with E-state index in [1.165, 1.54) is 19.3 Å². The lowest BCUT2D eigenvalue weighted by molar-refractivity contribution is 0.0957. The first-order valence-electron chi connectivity index (χ1n) is 12.1. The Kier molecular flexibility index (Phi) is 5.81. The second-order valence-electron chi connectivity index (χ2n) is 9.19. The highest BCUT2D eigenvalue weighted by Crippen LogP contribution is 2.33. The molecule has 4 bridgehead atoms. The van der Waals surface area contributed by atoms with Crippen molar-refractivity contribution in [1.29, 1.82) is 0 Å². The van der Waals surface area contributed by atoms with E-state index in [0.29, 0.717) is 29.2 Å². The van der Waals surface area contributed by atoms with Crippen LogP contribution in [0.1, 0.15) is 35.2 Å². The number of carbonyl (C=O) groups excluding carboxylic acids is 1. The van der Waals surface area contributed by atoms with E-state index in [0.717, 1.165) is 58.4 Å². The van der Waals surface area contributed by atoms with Crippen LogP contribution in [0.5, 0.6) is 0 Å². The van der Waals surface area contributed by atoms with Gasteiger partial charge < -0.3 is 15.6 Å². The molecule has 2 aromatic heterocycles. The summed E-state index contributed by atoms with van der Waals surface area (Å²) in [5.41, 5.74) is 5.68. The zero-order valence-electron chi connectivity index (χ0n) is 19.4. The third kappa shape index (κ3) is 4.34. The number of nitrogens with one attached hydrogen (secondary N) is 3. The number of likely N-dealkylation sites (tertiary alicyclic amines) is 1. The van der Waals surface area contributed by atoms with E-state index in [9.17, 15) is 4.79 Å². The summed E-state index contributed by atoms with van der Waals surface area (Å²) in [6.07, 6.45) is 5.71. The Bertz CT molecular complexity index is 1510. The molecule has 2 aromatic carbocycles. The Balaban J connectivity index is 1.46. The van der Waals surface area contributed by atoms with Gasteiger partial charge in [-0.3, -0.25) is 9.69 Å². The fourth-order valence-electron chi connectivity index (χ4n) is 4.95. The Labute approximate surface area is 209 Å². The molecule has 0 aliphatic carbocycles. The first-order chi connectivity index (χ1) is 17.2. The lowest BCUT2D eigenvalue weighted by Gasteiger charge is -2.23. The molecule has 0 spiro atoms. The highest BCUT2D eigenvalue weighted by atomic mass is 35.5. The molecular weight excluding hydrogens is 458 g/mol. The van der Waals surface area contributed by atoms with Crippen molar-refractivity contribution in [3.63, 3.8) is 0 Å². The molecule has 35 heavy (non-hydrogen) atoms. The number of aromatic amines is 1. The van der Waals surface area contributed by atoms with Gasteiger partial charge in [0.1, 0.15) is 0 Å². The molecule has 1 fully saturated rings. The predicted molar refractivity (Wildman–Crippen MR) is 142 cm³/mol. The number of piperidine rings is 1. The van der Waals surface area contributed by atoms with Gasteiger partial charge in [-0.05, 0) is 62.3 Å². The van der Waals surface area contributed by atoms with Gasteiger partial charge in [0.05, 0.1) is 28.3 Å². The highest BCUT2D eigenvalue weighted by Gasteiger charge is 2.18. The van der Waals surface area contributed by atoms with Crippen molar-refractivity contribution in [3.8, 4) is 23.1 Å². The van der Waals surface area contributed by atoms with Gasteiger partial charge in [0.2, 0.25) is 0 Å². The molecule has 3 N–H and O–H groups in total. The van der Waals surface area contributed by atoms with Crippen LogP contribution in [-0.2, 0) is 0 Å². The van der Waals surface area contributed by atoms with E-state index >= 15 is 0 Å². The highest BCUT2D eigenvalue weighted by molar-refractivity contribution is 6.32. The number of benzene rings is 2. The Hall–Kier alpha value is -3.53. The van der Waals surface area contributed by atoms with Crippen LogP contribution in [0.3, 0.4) is 0 Å². The number of nitrogens with zero attached hydrogens (tertiary/aromatic N) is 2. The summed E-state index contributed by atoms with van der Waals surface area (Å²) in [6, 6.07) is 11.8. The van der Waals surface area contributed by atoms with Crippen molar-refractivity contribution in [2.45, 2.75) is 19.3 Å². The topological polar surface area (TPSA) is 73.1 Å². The van der Waals surface area contributed by atoms with Gasteiger partial charge in [-0.25, -0.2) is 4.98 Å². The quantitative estimate of drug-likeness (QED) is 0.332. The lowest BCUT2D eigenvalue weighted by Crippen LogP contribution is -2.29. The molecule has 6 nitrogen and oxygen atoms in total. The summed E-state index contributed by atoms with van der Waals surface area (Å²) in [4.78, 5) is 23.9. The number of aromatic nitrogens is 2. The zero-order valence-corrected chi connectivity index (χ0v) is 20.1. The second-order valence-corrected chi connectivity index (χ2v) is 9.60. The van der Waals surface area contributed by atoms with Gasteiger partial charge in [0, 0.05) is 52.4 Å². The predicted octanol–water partition coefficient (Wildman–Crippen LogP) is 5.03. The molecule has 1 amide bonds. The summed E-state index contributed by atoms with van der Waals surface area (Å²) in [7, 11) is 0. The lowest BCUT2D eigenvalue weighted by atomic mass is 10.0. The number of fused-ring (bicyclic) bond motifs is 6. The summed E-state index contributed by atoms with van der Waals surface area (Å²) in [6.45, 7) is 4.06. The Morgan fingerprint density at radius 3 is 2.71 bits per heavy atom. The molecule has 4 heterocycles. The second kappa shape index (κ2) is 9.26. The fourth-order valence-corrected chi connectivity index (χ4v) is 5.16. The summed E-state index contributed by atoms with van der Waals surface area (Å²) >= 11 is 6.65. The average Bonchev–Trinajstić information content (AvgIpc) is 3.29. The molecular formula is C28H26ClN5O. The molecule has 2 aliphatic rings. The van der Waals surface area contributed by atoms with Gasteiger partial charge in [-0.1, -0.05) is 29.9 Å². The van der Waals surface area contributed by atoms with Gasteiger partial charge in [-0.15, -0.1) is 0 Å². The smallest absolute Gasteiger partial charge is 0.252 e. The normalized spacial score (nSPS) is 16.2. The monoisotopic (exact) mass is 483 g/mol. The SMILES string of the molecule is O=C1NCCNc2ccc3[nH]cc(c3c2)-c2cc1c1cc(C#CCN3CCCCC3)c(Cl)cc1n2. The van der Waals surface area contributed by atoms with Crippen LogP contribution in [0.25, 0.3) is 33.1 Å². The van der Waals surface area contributed by atoms with Crippen LogP contribution < -0.4 is 10.6 Å². The van der Waals surface area contributed by atoms with Crippen LogP contribution >= 0.6 is 11.6 Å². The molecule has 4 aromatic rings. The molecule has 1 saturated heterocycles. The summed E-state index contributed by atoms with van der Waals surface area (Å²) in [5, 5.41) is 8.77. The summed E-state index contributed by atoms with van der Waals surface area (Å²) < 4.78 is 0. The molecule has 0 saturated carbocycles.